The second kappa shape index (κ2) is 5.95. The Labute approximate surface area is 81.8 Å². The average molecular weight is 202 g/mol. The van der Waals surface area contributed by atoms with Gasteiger partial charge in [0.25, 0.3) is 0 Å². The first-order valence-corrected chi connectivity index (χ1v) is 4.10. The highest BCUT2D eigenvalue weighted by Crippen LogP contribution is 1.98. The van der Waals surface area contributed by atoms with Gasteiger partial charge in [-0.05, 0) is 6.42 Å². The first-order valence-electron chi connectivity index (χ1n) is 4.10. The quantitative estimate of drug-likeness (QED) is 0.554. The molecule has 0 aromatic rings. The van der Waals surface area contributed by atoms with E-state index in [0.29, 0.717) is 0 Å². The van der Waals surface area contributed by atoms with Crippen molar-refractivity contribution in [1.29, 1.82) is 0 Å². The molecular formula is C8H14N2O4. The van der Waals surface area contributed by atoms with Crippen LogP contribution in [0.2, 0.25) is 0 Å². The summed E-state index contributed by atoms with van der Waals surface area (Å²) in [7, 11) is 1.25. The van der Waals surface area contributed by atoms with Crippen molar-refractivity contribution in [2.45, 2.75) is 25.8 Å². The Hall–Kier alpha value is -1.59. The van der Waals surface area contributed by atoms with Gasteiger partial charge in [-0.15, -0.1) is 0 Å². The van der Waals surface area contributed by atoms with Crippen molar-refractivity contribution in [2.75, 3.05) is 7.11 Å². The molecule has 1 atom stereocenters. The fraction of sp³-hybridized carbons (Fsp3) is 0.625. The number of hydrogen-bond donors (Lipinski definition) is 2. The maximum atomic E-state index is 10.8. The van der Waals surface area contributed by atoms with Crippen LogP contribution in [0.5, 0.6) is 0 Å². The molecule has 0 bridgehead atoms. The van der Waals surface area contributed by atoms with Gasteiger partial charge in [0.15, 0.2) is 0 Å². The second-order valence-electron chi connectivity index (χ2n) is 2.77. The summed E-state index contributed by atoms with van der Waals surface area (Å²) < 4.78 is 4.38. The first-order chi connectivity index (χ1) is 6.47. The van der Waals surface area contributed by atoms with E-state index in [1.165, 1.54) is 14.0 Å². The van der Waals surface area contributed by atoms with E-state index in [4.69, 9.17) is 5.73 Å². The Bertz CT molecular complexity index is 239. The van der Waals surface area contributed by atoms with Gasteiger partial charge < -0.3 is 15.8 Å². The van der Waals surface area contributed by atoms with Crippen LogP contribution in [0.1, 0.15) is 19.8 Å². The Morgan fingerprint density at radius 1 is 1.43 bits per heavy atom. The maximum Gasteiger partial charge on any atom is 0.305 e. The number of nitrogens with two attached hydrogens (primary N) is 1. The van der Waals surface area contributed by atoms with E-state index in [1.807, 2.05) is 0 Å². The van der Waals surface area contributed by atoms with Gasteiger partial charge in [0.2, 0.25) is 11.8 Å². The van der Waals surface area contributed by atoms with Gasteiger partial charge in [-0.3, -0.25) is 14.4 Å². The smallest absolute Gasteiger partial charge is 0.305 e. The zero-order valence-electron chi connectivity index (χ0n) is 8.20. The molecule has 0 unspecified atom stereocenters. The summed E-state index contributed by atoms with van der Waals surface area (Å²) >= 11 is 0. The molecule has 0 rings (SSSR count). The van der Waals surface area contributed by atoms with Crippen molar-refractivity contribution in [3.05, 3.63) is 0 Å². The van der Waals surface area contributed by atoms with Gasteiger partial charge in [0, 0.05) is 13.3 Å². The van der Waals surface area contributed by atoms with E-state index in [2.05, 4.69) is 10.1 Å². The number of amides is 2. The lowest BCUT2D eigenvalue weighted by Gasteiger charge is -2.12. The van der Waals surface area contributed by atoms with Crippen molar-refractivity contribution in [3.63, 3.8) is 0 Å². The van der Waals surface area contributed by atoms with Gasteiger partial charge in [0.1, 0.15) is 6.04 Å². The zero-order valence-corrected chi connectivity index (χ0v) is 8.20. The molecular weight excluding hydrogens is 188 g/mol. The monoisotopic (exact) mass is 202 g/mol. The molecule has 0 aliphatic rings. The summed E-state index contributed by atoms with van der Waals surface area (Å²) in [6, 6.07) is -0.813. The summed E-state index contributed by atoms with van der Waals surface area (Å²) in [6.07, 6.45) is 0.200. The van der Waals surface area contributed by atoms with Crippen LogP contribution in [0.3, 0.4) is 0 Å². The molecule has 0 heterocycles. The molecule has 80 valence electrons. The van der Waals surface area contributed by atoms with Crippen molar-refractivity contribution < 1.29 is 19.1 Å². The summed E-state index contributed by atoms with van der Waals surface area (Å²) in [4.78, 5) is 32.2. The van der Waals surface area contributed by atoms with Crippen molar-refractivity contribution >= 4 is 17.8 Å². The molecule has 14 heavy (non-hydrogen) atoms. The lowest BCUT2D eigenvalue weighted by molar-refractivity contribution is -0.141. The molecule has 0 aromatic heterocycles. The molecule has 0 saturated carbocycles. The molecule has 0 spiro atoms. The molecule has 0 aliphatic carbocycles. The molecule has 2 amide bonds. The first kappa shape index (κ1) is 12.4. The third kappa shape index (κ3) is 5.13. The third-order valence-corrected chi connectivity index (χ3v) is 1.59. The van der Waals surface area contributed by atoms with E-state index in [-0.39, 0.29) is 18.7 Å². The number of carbonyl (C=O) groups is 3. The van der Waals surface area contributed by atoms with E-state index >= 15 is 0 Å². The predicted octanol–water partition coefficient (Wildman–Crippen LogP) is -1.07. The number of esters is 1. The van der Waals surface area contributed by atoms with Gasteiger partial charge >= 0.3 is 5.97 Å². The van der Waals surface area contributed by atoms with Crippen LogP contribution in [0.4, 0.5) is 0 Å². The van der Waals surface area contributed by atoms with E-state index in [9.17, 15) is 14.4 Å². The minimum absolute atomic E-state index is 0.0460. The van der Waals surface area contributed by atoms with Gasteiger partial charge in [-0.1, -0.05) is 0 Å². The van der Waals surface area contributed by atoms with Crippen LogP contribution in [0.25, 0.3) is 0 Å². The topological polar surface area (TPSA) is 98.5 Å². The van der Waals surface area contributed by atoms with Crippen LogP contribution in [-0.2, 0) is 19.1 Å². The highest BCUT2D eigenvalue weighted by molar-refractivity contribution is 5.86. The van der Waals surface area contributed by atoms with Crippen LogP contribution < -0.4 is 11.1 Å². The lowest BCUT2D eigenvalue weighted by Crippen LogP contribution is -2.43. The van der Waals surface area contributed by atoms with Gasteiger partial charge in [-0.2, -0.15) is 0 Å². The van der Waals surface area contributed by atoms with Crippen LogP contribution in [0.15, 0.2) is 0 Å². The normalized spacial score (nSPS) is 11.6. The van der Waals surface area contributed by atoms with Gasteiger partial charge in [0.05, 0.1) is 7.11 Å². The van der Waals surface area contributed by atoms with Crippen molar-refractivity contribution in [1.82, 2.24) is 5.32 Å². The fourth-order valence-corrected chi connectivity index (χ4v) is 0.895. The fourth-order valence-electron chi connectivity index (χ4n) is 0.895. The Balaban J connectivity index is 4.04. The Kier molecular flexibility index (Phi) is 5.28. The SMILES string of the molecule is COC(=O)CC[C@H](NC(C)=O)C(N)=O. The highest BCUT2D eigenvalue weighted by Gasteiger charge is 2.17. The number of hydrogen-bond acceptors (Lipinski definition) is 4. The number of methoxy groups -OCH3 is 1. The summed E-state index contributed by atoms with van der Waals surface area (Å²) in [5.41, 5.74) is 5.01. The van der Waals surface area contributed by atoms with Gasteiger partial charge in [-0.25, -0.2) is 0 Å². The molecule has 0 aromatic carbocycles. The number of rotatable bonds is 5. The maximum absolute atomic E-state index is 10.8. The third-order valence-electron chi connectivity index (χ3n) is 1.59. The number of ether oxygens (including phenoxy) is 1. The van der Waals surface area contributed by atoms with Crippen LogP contribution >= 0.6 is 0 Å². The minimum atomic E-state index is -0.813. The molecule has 6 nitrogen and oxygen atoms in total. The standard InChI is InChI=1S/C8H14N2O4/c1-5(11)10-6(8(9)13)3-4-7(12)14-2/h6H,3-4H2,1-2H3,(H2,9,13)(H,10,11)/t6-/m0/s1. The predicted molar refractivity (Wildman–Crippen MR) is 48.0 cm³/mol. The highest BCUT2D eigenvalue weighted by atomic mass is 16.5. The number of primary amides is 1. The van der Waals surface area contributed by atoms with Crippen molar-refractivity contribution in [2.24, 2.45) is 5.73 Å². The largest absolute Gasteiger partial charge is 0.469 e. The van der Waals surface area contributed by atoms with Crippen LogP contribution in [-0.4, -0.2) is 30.9 Å². The molecule has 0 fully saturated rings. The second-order valence-corrected chi connectivity index (χ2v) is 2.77. The van der Waals surface area contributed by atoms with E-state index in [0.717, 1.165) is 0 Å². The summed E-state index contributed by atoms with van der Waals surface area (Å²) in [5, 5.41) is 2.34. The minimum Gasteiger partial charge on any atom is -0.469 e. The van der Waals surface area contributed by atoms with E-state index < -0.39 is 17.9 Å². The molecule has 3 N–H and O–H groups in total. The average Bonchev–Trinajstić information content (AvgIpc) is 2.10. The number of nitrogens with one attached hydrogen (secondary N) is 1. The summed E-state index contributed by atoms with van der Waals surface area (Å²) in [6.45, 7) is 1.27. The Morgan fingerprint density at radius 3 is 2.36 bits per heavy atom. The summed E-state index contributed by atoms with van der Waals surface area (Å²) in [5.74, 6) is -1.47. The molecule has 0 aliphatic heterocycles. The Morgan fingerprint density at radius 2 is 2.00 bits per heavy atom. The lowest BCUT2D eigenvalue weighted by atomic mass is 10.1. The van der Waals surface area contributed by atoms with E-state index in [1.54, 1.807) is 0 Å². The zero-order chi connectivity index (χ0) is 11.1. The molecule has 0 saturated heterocycles. The molecule has 6 heteroatoms. The molecule has 0 radical (unpaired) electrons. The van der Waals surface area contributed by atoms with Crippen molar-refractivity contribution in [3.8, 4) is 0 Å². The number of carbonyl (C=O) groups excluding carboxylic acids is 3. The van der Waals surface area contributed by atoms with Crippen LogP contribution in [0, 0.1) is 0 Å².